The molecule has 0 bridgehead atoms. The van der Waals surface area contributed by atoms with E-state index in [-0.39, 0.29) is 11.9 Å². The molecule has 1 heterocycles. The summed E-state index contributed by atoms with van der Waals surface area (Å²) in [5.74, 6) is 0.518. The van der Waals surface area contributed by atoms with Crippen molar-refractivity contribution in [2.75, 3.05) is 20.2 Å². The van der Waals surface area contributed by atoms with Gasteiger partial charge >= 0.3 is 0 Å². The van der Waals surface area contributed by atoms with Gasteiger partial charge in [0.2, 0.25) is 0 Å². The van der Waals surface area contributed by atoms with Crippen LogP contribution in [0.3, 0.4) is 0 Å². The van der Waals surface area contributed by atoms with Gasteiger partial charge in [-0.25, -0.2) is 0 Å². The molecule has 1 fully saturated rings. The van der Waals surface area contributed by atoms with E-state index in [9.17, 15) is 4.79 Å². The number of hydrogen-bond donors (Lipinski definition) is 1. The SMILES string of the molecule is COCc1ccccc1C(=O)N1CC(CN)CC1C. The van der Waals surface area contributed by atoms with Gasteiger partial charge in [0.25, 0.3) is 5.91 Å². The molecule has 1 amide bonds. The number of hydrogen-bond acceptors (Lipinski definition) is 3. The van der Waals surface area contributed by atoms with Crippen molar-refractivity contribution >= 4 is 5.91 Å². The molecule has 1 aliphatic rings. The standard InChI is InChI=1S/C15H22N2O2/c1-11-7-12(8-16)9-17(11)15(18)14-6-4-3-5-13(14)10-19-2/h3-6,11-12H,7-10,16H2,1-2H3. The summed E-state index contributed by atoms with van der Waals surface area (Å²) >= 11 is 0. The maximum absolute atomic E-state index is 12.6. The molecule has 1 aliphatic heterocycles. The molecule has 2 rings (SSSR count). The van der Waals surface area contributed by atoms with Crippen LogP contribution in [0, 0.1) is 5.92 Å². The van der Waals surface area contributed by atoms with Crippen LogP contribution in [-0.2, 0) is 11.3 Å². The third kappa shape index (κ3) is 2.96. The summed E-state index contributed by atoms with van der Waals surface area (Å²) in [7, 11) is 1.64. The summed E-state index contributed by atoms with van der Waals surface area (Å²) in [6.45, 7) is 3.96. The molecule has 4 heteroatoms. The highest BCUT2D eigenvalue weighted by Gasteiger charge is 2.32. The first-order valence-electron chi connectivity index (χ1n) is 6.75. The zero-order chi connectivity index (χ0) is 13.8. The smallest absolute Gasteiger partial charge is 0.254 e. The molecule has 0 aliphatic carbocycles. The van der Waals surface area contributed by atoms with E-state index in [1.807, 2.05) is 29.2 Å². The van der Waals surface area contributed by atoms with E-state index in [2.05, 4.69) is 6.92 Å². The normalized spacial score (nSPS) is 22.8. The first-order chi connectivity index (χ1) is 9.17. The fourth-order valence-electron chi connectivity index (χ4n) is 2.76. The van der Waals surface area contributed by atoms with Crippen LogP contribution < -0.4 is 5.73 Å². The molecule has 0 saturated carbocycles. The van der Waals surface area contributed by atoms with Crippen LogP contribution in [0.15, 0.2) is 24.3 Å². The molecule has 1 aromatic rings. The van der Waals surface area contributed by atoms with Crippen LogP contribution >= 0.6 is 0 Å². The molecule has 19 heavy (non-hydrogen) atoms. The Morgan fingerprint density at radius 1 is 1.47 bits per heavy atom. The molecule has 1 saturated heterocycles. The van der Waals surface area contributed by atoms with Gasteiger partial charge in [-0.2, -0.15) is 0 Å². The molecule has 4 nitrogen and oxygen atoms in total. The van der Waals surface area contributed by atoms with Crippen LogP contribution in [-0.4, -0.2) is 37.0 Å². The highest BCUT2D eigenvalue weighted by Crippen LogP contribution is 2.25. The van der Waals surface area contributed by atoms with Crippen molar-refractivity contribution in [2.24, 2.45) is 11.7 Å². The van der Waals surface area contributed by atoms with Crippen molar-refractivity contribution in [3.05, 3.63) is 35.4 Å². The zero-order valence-corrected chi connectivity index (χ0v) is 11.6. The highest BCUT2D eigenvalue weighted by molar-refractivity contribution is 5.96. The second-order valence-electron chi connectivity index (χ2n) is 5.23. The van der Waals surface area contributed by atoms with Crippen LogP contribution in [0.2, 0.25) is 0 Å². The number of nitrogens with two attached hydrogens (primary N) is 1. The summed E-state index contributed by atoms with van der Waals surface area (Å²) in [4.78, 5) is 14.6. The molecular formula is C15H22N2O2. The van der Waals surface area contributed by atoms with Crippen molar-refractivity contribution < 1.29 is 9.53 Å². The number of carbonyl (C=O) groups is 1. The summed E-state index contributed by atoms with van der Waals surface area (Å²) in [6, 6.07) is 7.91. The minimum atomic E-state index is 0.0936. The largest absolute Gasteiger partial charge is 0.380 e. The number of carbonyl (C=O) groups excluding carboxylic acids is 1. The van der Waals surface area contributed by atoms with Crippen molar-refractivity contribution in [2.45, 2.75) is 26.0 Å². The van der Waals surface area contributed by atoms with Crippen molar-refractivity contribution in [3.63, 3.8) is 0 Å². The third-order valence-corrected chi connectivity index (χ3v) is 3.80. The molecule has 0 radical (unpaired) electrons. The number of methoxy groups -OCH3 is 1. The van der Waals surface area contributed by atoms with E-state index >= 15 is 0 Å². The lowest BCUT2D eigenvalue weighted by Crippen LogP contribution is -2.35. The average molecular weight is 262 g/mol. The van der Waals surface area contributed by atoms with E-state index in [1.165, 1.54) is 0 Å². The Morgan fingerprint density at radius 3 is 2.84 bits per heavy atom. The molecule has 2 unspecified atom stereocenters. The Kier molecular flexibility index (Phi) is 4.56. The predicted molar refractivity (Wildman–Crippen MR) is 74.8 cm³/mol. The van der Waals surface area contributed by atoms with Gasteiger partial charge in [0, 0.05) is 25.3 Å². The Morgan fingerprint density at radius 2 is 2.21 bits per heavy atom. The minimum absolute atomic E-state index is 0.0936. The van der Waals surface area contributed by atoms with E-state index in [0.717, 1.165) is 24.1 Å². The van der Waals surface area contributed by atoms with Gasteiger partial charge in [-0.05, 0) is 37.4 Å². The Bertz CT molecular complexity index is 448. The van der Waals surface area contributed by atoms with E-state index in [1.54, 1.807) is 7.11 Å². The summed E-state index contributed by atoms with van der Waals surface area (Å²) in [6.07, 6.45) is 0.995. The van der Waals surface area contributed by atoms with Crippen LogP contribution in [0.5, 0.6) is 0 Å². The summed E-state index contributed by atoms with van der Waals surface area (Å²) in [5.41, 5.74) is 7.40. The molecule has 0 spiro atoms. The van der Waals surface area contributed by atoms with Crippen LogP contribution in [0.1, 0.15) is 29.3 Å². The lowest BCUT2D eigenvalue weighted by molar-refractivity contribution is 0.0738. The predicted octanol–water partition coefficient (Wildman–Crippen LogP) is 1.64. The molecule has 104 valence electrons. The quantitative estimate of drug-likeness (QED) is 0.897. The third-order valence-electron chi connectivity index (χ3n) is 3.80. The lowest BCUT2D eigenvalue weighted by atomic mass is 10.1. The van der Waals surface area contributed by atoms with E-state index in [4.69, 9.17) is 10.5 Å². The first-order valence-corrected chi connectivity index (χ1v) is 6.75. The Labute approximate surface area is 114 Å². The van der Waals surface area contributed by atoms with Crippen molar-refractivity contribution in [3.8, 4) is 0 Å². The fraction of sp³-hybridized carbons (Fsp3) is 0.533. The van der Waals surface area contributed by atoms with Crippen molar-refractivity contribution in [1.82, 2.24) is 4.90 Å². The number of amides is 1. The molecule has 2 N–H and O–H groups in total. The molecule has 2 atom stereocenters. The van der Waals surface area contributed by atoms with Gasteiger partial charge in [0.05, 0.1) is 6.61 Å². The molecule has 0 aromatic heterocycles. The van der Waals surface area contributed by atoms with Gasteiger partial charge in [0.15, 0.2) is 0 Å². The second-order valence-corrected chi connectivity index (χ2v) is 5.23. The van der Waals surface area contributed by atoms with Crippen molar-refractivity contribution in [1.29, 1.82) is 0 Å². The molecule has 1 aromatic carbocycles. The average Bonchev–Trinajstić information content (AvgIpc) is 2.80. The maximum Gasteiger partial charge on any atom is 0.254 e. The second kappa shape index (κ2) is 6.17. The Hall–Kier alpha value is -1.39. The number of benzene rings is 1. The monoisotopic (exact) mass is 262 g/mol. The van der Waals surface area contributed by atoms with Gasteiger partial charge in [-0.3, -0.25) is 4.79 Å². The highest BCUT2D eigenvalue weighted by atomic mass is 16.5. The van der Waals surface area contributed by atoms with E-state index < -0.39 is 0 Å². The maximum atomic E-state index is 12.6. The minimum Gasteiger partial charge on any atom is -0.380 e. The number of nitrogens with zero attached hydrogens (tertiary/aromatic N) is 1. The molecular weight excluding hydrogens is 240 g/mol. The number of likely N-dealkylation sites (tertiary alicyclic amines) is 1. The fourth-order valence-corrected chi connectivity index (χ4v) is 2.76. The lowest BCUT2D eigenvalue weighted by Gasteiger charge is -2.23. The van der Waals surface area contributed by atoms with Gasteiger partial charge in [-0.1, -0.05) is 18.2 Å². The van der Waals surface area contributed by atoms with Gasteiger partial charge in [0.1, 0.15) is 0 Å². The zero-order valence-electron chi connectivity index (χ0n) is 11.6. The summed E-state index contributed by atoms with van der Waals surface area (Å²) in [5, 5.41) is 0. The number of ether oxygens (including phenoxy) is 1. The van der Waals surface area contributed by atoms with Gasteiger partial charge in [-0.15, -0.1) is 0 Å². The van der Waals surface area contributed by atoms with Crippen LogP contribution in [0.25, 0.3) is 0 Å². The topological polar surface area (TPSA) is 55.6 Å². The van der Waals surface area contributed by atoms with Gasteiger partial charge < -0.3 is 15.4 Å². The number of rotatable bonds is 4. The summed E-state index contributed by atoms with van der Waals surface area (Å²) < 4.78 is 5.16. The first kappa shape index (κ1) is 14.0. The van der Waals surface area contributed by atoms with Crippen LogP contribution in [0.4, 0.5) is 0 Å². The Balaban J connectivity index is 2.20. The van der Waals surface area contributed by atoms with E-state index in [0.29, 0.717) is 19.1 Å².